The number of urea groups is 1. The van der Waals surface area contributed by atoms with E-state index in [1.807, 2.05) is 18.2 Å². The van der Waals surface area contributed by atoms with Crippen molar-refractivity contribution in [1.82, 2.24) is 20.5 Å². The highest BCUT2D eigenvalue weighted by Crippen LogP contribution is 2.38. The van der Waals surface area contributed by atoms with E-state index in [1.54, 1.807) is 12.4 Å². The second-order valence-corrected chi connectivity index (χ2v) is 7.31. The summed E-state index contributed by atoms with van der Waals surface area (Å²) >= 11 is 0. The predicted molar refractivity (Wildman–Crippen MR) is 102 cm³/mol. The molecule has 0 spiro atoms. The first-order valence-electron chi connectivity index (χ1n) is 9.49. The normalized spacial score (nSPS) is 23.9. The zero-order valence-corrected chi connectivity index (χ0v) is 15.2. The lowest BCUT2D eigenvalue weighted by atomic mass is 9.73. The van der Waals surface area contributed by atoms with E-state index in [1.165, 1.54) is 5.56 Å². The number of imide groups is 1. The first-order valence-corrected chi connectivity index (χ1v) is 9.49. The van der Waals surface area contributed by atoms with Crippen molar-refractivity contribution in [2.24, 2.45) is 5.92 Å². The van der Waals surface area contributed by atoms with E-state index in [9.17, 15) is 9.59 Å². The summed E-state index contributed by atoms with van der Waals surface area (Å²) in [5.41, 5.74) is 1.10. The molecule has 6 nitrogen and oxygen atoms in total. The highest BCUT2D eigenvalue weighted by Gasteiger charge is 2.53. The summed E-state index contributed by atoms with van der Waals surface area (Å²) in [6, 6.07) is 13.7. The number of likely N-dealkylation sites (tertiary alicyclic amines) is 1. The molecule has 3 amide bonds. The fourth-order valence-electron chi connectivity index (χ4n) is 4.31. The summed E-state index contributed by atoms with van der Waals surface area (Å²) in [5, 5.41) is 5.35. The Hall–Kier alpha value is -2.73. The van der Waals surface area contributed by atoms with Crippen molar-refractivity contribution < 1.29 is 9.59 Å². The van der Waals surface area contributed by atoms with Gasteiger partial charge in [-0.2, -0.15) is 0 Å². The fourth-order valence-corrected chi connectivity index (χ4v) is 4.31. The highest BCUT2D eigenvalue weighted by atomic mass is 16.2. The molecule has 0 radical (unpaired) electrons. The molecular weight excluding hydrogens is 340 g/mol. The quantitative estimate of drug-likeness (QED) is 0.797. The van der Waals surface area contributed by atoms with Gasteiger partial charge in [0.2, 0.25) is 0 Å². The third kappa shape index (κ3) is 3.45. The van der Waals surface area contributed by atoms with Crippen LogP contribution in [-0.4, -0.2) is 41.5 Å². The maximum Gasteiger partial charge on any atom is 0.322 e. The van der Waals surface area contributed by atoms with Crippen LogP contribution < -0.4 is 10.6 Å². The Morgan fingerprint density at radius 3 is 2.48 bits per heavy atom. The van der Waals surface area contributed by atoms with Gasteiger partial charge in [-0.25, -0.2) is 4.79 Å². The van der Waals surface area contributed by atoms with Crippen LogP contribution in [0.1, 0.15) is 24.0 Å². The number of rotatable bonds is 5. The SMILES string of the molecule is O=C1NC(=O)C(c2cccnc2)(C2CCN(CCc3ccccc3)CC2)N1. The van der Waals surface area contributed by atoms with Crippen molar-refractivity contribution in [2.45, 2.75) is 24.8 Å². The lowest BCUT2D eigenvalue weighted by Crippen LogP contribution is -2.53. The molecule has 140 valence electrons. The molecule has 6 heteroatoms. The van der Waals surface area contributed by atoms with Crippen LogP contribution in [-0.2, 0) is 16.8 Å². The van der Waals surface area contributed by atoms with E-state index in [4.69, 9.17) is 0 Å². The standard InChI is InChI=1S/C21H24N4O2/c26-19-21(24-20(27)23-19,18-7-4-11-22-15-18)17-9-13-25(14-10-17)12-8-16-5-2-1-3-6-16/h1-7,11,15,17H,8-10,12-14H2,(H2,23,24,26,27). The first kappa shape index (κ1) is 17.7. The van der Waals surface area contributed by atoms with Crippen molar-refractivity contribution in [2.75, 3.05) is 19.6 Å². The van der Waals surface area contributed by atoms with Gasteiger partial charge in [0.1, 0.15) is 0 Å². The number of aromatic nitrogens is 1. The van der Waals surface area contributed by atoms with Gasteiger partial charge in [0.25, 0.3) is 5.91 Å². The largest absolute Gasteiger partial charge is 0.322 e. The van der Waals surface area contributed by atoms with Gasteiger partial charge in [-0.1, -0.05) is 36.4 Å². The topological polar surface area (TPSA) is 74.3 Å². The van der Waals surface area contributed by atoms with Gasteiger partial charge in [-0.3, -0.25) is 15.1 Å². The Morgan fingerprint density at radius 2 is 1.85 bits per heavy atom. The van der Waals surface area contributed by atoms with E-state index in [0.717, 1.165) is 44.5 Å². The van der Waals surface area contributed by atoms with Crippen LogP contribution in [0.3, 0.4) is 0 Å². The van der Waals surface area contributed by atoms with Gasteiger partial charge in [-0.05, 0) is 49.9 Å². The van der Waals surface area contributed by atoms with Crippen LogP contribution in [0, 0.1) is 5.92 Å². The second-order valence-electron chi connectivity index (χ2n) is 7.31. The van der Waals surface area contributed by atoms with E-state index >= 15 is 0 Å². The lowest BCUT2D eigenvalue weighted by molar-refractivity contribution is -0.127. The molecule has 2 aromatic rings. The van der Waals surface area contributed by atoms with E-state index < -0.39 is 11.6 Å². The van der Waals surface area contributed by atoms with Crippen molar-refractivity contribution in [1.29, 1.82) is 0 Å². The maximum absolute atomic E-state index is 12.8. The Morgan fingerprint density at radius 1 is 1.07 bits per heavy atom. The monoisotopic (exact) mass is 364 g/mol. The van der Waals surface area contributed by atoms with Gasteiger partial charge in [0.15, 0.2) is 5.54 Å². The minimum Gasteiger partial charge on any atom is -0.319 e. The van der Waals surface area contributed by atoms with Crippen LogP contribution in [0.4, 0.5) is 4.79 Å². The third-order valence-corrected chi connectivity index (χ3v) is 5.77. The van der Waals surface area contributed by atoms with Crippen molar-refractivity contribution in [3.63, 3.8) is 0 Å². The van der Waals surface area contributed by atoms with Crippen LogP contribution in [0.2, 0.25) is 0 Å². The molecule has 1 atom stereocenters. The summed E-state index contributed by atoms with van der Waals surface area (Å²) in [6.07, 6.45) is 6.11. The van der Waals surface area contributed by atoms with E-state index in [2.05, 4.69) is 44.8 Å². The average Bonchev–Trinajstić information content (AvgIpc) is 3.03. The van der Waals surface area contributed by atoms with Crippen LogP contribution in [0.25, 0.3) is 0 Å². The summed E-state index contributed by atoms with van der Waals surface area (Å²) in [5.74, 6) is -0.204. The van der Waals surface area contributed by atoms with Gasteiger partial charge in [0, 0.05) is 24.5 Å². The molecule has 1 aromatic carbocycles. The molecule has 2 aliphatic rings. The molecule has 1 aromatic heterocycles. The van der Waals surface area contributed by atoms with E-state index in [-0.39, 0.29) is 11.8 Å². The Kier molecular flexibility index (Phi) is 4.90. The molecule has 1 unspecified atom stereocenters. The smallest absolute Gasteiger partial charge is 0.319 e. The number of piperidine rings is 1. The number of carbonyl (C=O) groups excluding carboxylic acids is 2. The molecule has 0 aliphatic carbocycles. The van der Waals surface area contributed by atoms with Gasteiger partial charge < -0.3 is 10.2 Å². The number of nitrogens with zero attached hydrogens (tertiary/aromatic N) is 2. The maximum atomic E-state index is 12.8. The van der Waals surface area contributed by atoms with Crippen LogP contribution in [0.15, 0.2) is 54.9 Å². The minimum atomic E-state index is -1.00. The zero-order valence-electron chi connectivity index (χ0n) is 15.2. The Bertz CT molecular complexity index is 803. The second kappa shape index (κ2) is 7.48. The number of benzene rings is 1. The van der Waals surface area contributed by atoms with Gasteiger partial charge in [-0.15, -0.1) is 0 Å². The Labute approximate surface area is 159 Å². The molecular formula is C21H24N4O2. The van der Waals surface area contributed by atoms with Crippen molar-refractivity contribution in [3.8, 4) is 0 Å². The van der Waals surface area contributed by atoms with Crippen LogP contribution >= 0.6 is 0 Å². The van der Waals surface area contributed by atoms with Gasteiger partial charge >= 0.3 is 6.03 Å². The van der Waals surface area contributed by atoms with Crippen LogP contribution in [0.5, 0.6) is 0 Å². The molecule has 2 N–H and O–H groups in total. The van der Waals surface area contributed by atoms with Crippen molar-refractivity contribution >= 4 is 11.9 Å². The lowest BCUT2D eigenvalue weighted by Gasteiger charge is -2.40. The molecule has 2 fully saturated rings. The highest BCUT2D eigenvalue weighted by molar-refractivity contribution is 6.07. The van der Waals surface area contributed by atoms with Gasteiger partial charge in [0.05, 0.1) is 0 Å². The predicted octanol–water partition coefficient (Wildman–Crippen LogP) is 2.07. The molecule has 2 aliphatic heterocycles. The molecule has 0 bridgehead atoms. The number of carbonyl (C=O) groups is 2. The summed E-state index contributed by atoms with van der Waals surface area (Å²) in [7, 11) is 0. The number of hydrogen-bond acceptors (Lipinski definition) is 4. The Balaban J connectivity index is 1.45. The summed E-state index contributed by atoms with van der Waals surface area (Å²) in [4.78, 5) is 31.3. The molecule has 3 heterocycles. The average molecular weight is 364 g/mol. The summed E-state index contributed by atoms with van der Waals surface area (Å²) < 4.78 is 0. The van der Waals surface area contributed by atoms with E-state index in [0.29, 0.717) is 0 Å². The molecule has 0 saturated carbocycles. The number of hydrogen-bond donors (Lipinski definition) is 2. The molecule has 2 saturated heterocycles. The zero-order chi connectivity index (χ0) is 18.7. The number of pyridine rings is 1. The third-order valence-electron chi connectivity index (χ3n) is 5.77. The molecule has 27 heavy (non-hydrogen) atoms. The number of nitrogens with one attached hydrogen (secondary N) is 2. The fraction of sp³-hybridized carbons (Fsp3) is 0.381. The summed E-state index contributed by atoms with van der Waals surface area (Å²) in [6.45, 7) is 2.85. The molecule has 4 rings (SSSR count). The minimum absolute atomic E-state index is 0.0566. The number of amides is 3. The first-order chi connectivity index (χ1) is 13.2. The van der Waals surface area contributed by atoms with Crippen molar-refractivity contribution in [3.05, 3.63) is 66.0 Å².